The van der Waals surface area contributed by atoms with Crippen molar-refractivity contribution in [1.29, 1.82) is 0 Å². The van der Waals surface area contributed by atoms with Crippen LogP contribution in [-0.2, 0) is 11.2 Å². The predicted octanol–water partition coefficient (Wildman–Crippen LogP) is 9.89. The number of hydrogen-bond acceptors (Lipinski definition) is 3. The van der Waals surface area contributed by atoms with Crippen molar-refractivity contribution in [3.63, 3.8) is 0 Å². The lowest BCUT2D eigenvalue weighted by Crippen LogP contribution is -2.51. The van der Waals surface area contributed by atoms with E-state index in [-0.39, 0.29) is 23.0 Å². The number of aromatic hydroxyl groups is 1. The number of alkyl halides is 1. The molecule has 1 amide bonds. The van der Waals surface area contributed by atoms with E-state index < -0.39 is 12.3 Å². The molecule has 5 rings (SSSR count). The fourth-order valence-electron chi connectivity index (χ4n) is 10.3. The van der Waals surface area contributed by atoms with Gasteiger partial charge in [0.2, 0.25) is 5.91 Å². The van der Waals surface area contributed by atoms with Crippen molar-refractivity contribution in [2.24, 2.45) is 29.1 Å². The summed E-state index contributed by atoms with van der Waals surface area (Å²) >= 11 is 0. The maximum Gasteiger partial charge on any atom is 0.222 e. The molecule has 0 aromatic heterocycles. The largest absolute Gasteiger partial charge is 0.508 e. The molecule has 45 heavy (non-hydrogen) atoms. The van der Waals surface area contributed by atoms with Gasteiger partial charge in [-0.05, 0) is 104 Å². The van der Waals surface area contributed by atoms with Crippen molar-refractivity contribution in [3.8, 4) is 5.75 Å². The van der Waals surface area contributed by atoms with Crippen LogP contribution < -0.4 is 0 Å². The van der Waals surface area contributed by atoms with E-state index in [0.29, 0.717) is 30.6 Å². The topological polar surface area (TPSA) is 60.8 Å². The summed E-state index contributed by atoms with van der Waals surface area (Å²) < 4.78 is 16.1. The van der Waals surface area contributed by atoms with Gasteiger partial charge in [-0.15, -0.1) is 0 Å². The summed E-state index contributed by atoms with van der Waals surface area (Å²) in [4.78, 5) is 15.6. The highest BCUT2D eigenvalue weighted by Gasteiger charge is 2.59. The average molecular weight is 626 g/mol. The van der Waals surface area contributed by atoms with E-state index in [4.69, 9.17) is 0 Å². The Morgan fingerprint density at radius 2 is 1.64 bits per heavy atom. The van der Waals surface area contributed by atoms with Crippen LogP contribution in [-0.4, -0.2) is 46.4 Å². The van der Waals surface area contributed by atoms with E-state index >= 15 is 4.39 Å². The van der Waals surface area contributed by atoms with Crippen LogP contribution in [0.15, 0.2) is 18.2 Å². The molecule has 0 saturated heterocycles. The summed E-state index contributed by atoms with van der Waals surface area (Å²) in [5, 5.41) is 21.2. The van der Waals surface area contributed by atoms with Gasteiger partial charge >= 0.3 is 0 Å². The fraction of sp³-hybridized carbons (Fsp3) is 0.825. The Morgan fingerprint density at radius 3 is 2.40 bits per heavy atom. The lowest BCUT2D eigenvalue weighted by Gasteiger charge is -2.54. The molecule has 3 fully saturated rings. The molecule has 4 nitrogen and oxygen atoms in total. The van der Waals surface area contributed by atoms with Crippen LogP contribution in [0.3, 0.4) is 0 Å². The van der Waals surface area contributed by atoms with E-state index in [1.807, 2.05) is 12.1 Å². The third-order valence-corrected chi connectivity index (χ3v) is 12.9. The van der Waals surface area contributed by atoms with Crippen LogP contribution in [0.4, 0.5) is 4.39 Å². The first kappa shape index (κ1) is 34.7. The number of amides is 1. The first-order valence-corrected chi connectivity index (χ1v) is 19.2. The van der Waals surface area contributed by atoms with Crippen LogP contribution in [0.2, 0.25) is 0 Å². The molecule has 4 aliphatic rings. The van der Waals surface area contributed by atoms with Gasteiger partial charge in [0.05, 0.1) is 6.10 Å². The first-order chi connectivity index (χ1) is 21.8. The van der Waals surface area contributed by atoms with Crippen molar-refractivity contribution in [2.75, 3.05) is 13.1 Å². The number of hydrogen-bond donors (Lipinski definition) is 2. The SMILES string of the molecule is CCCCCCCCN(CCCCC[C@@H]1Cc2cc(O)ccc2C2C1C1CC[C@H](O)[C@@]1(C)C[C@@H]2F)C(=O)CCC1CCCCC1. The van der Waals surface area contributed by atoms with E-state index in [1.54, 1.807) is 6.07 Å². The van der Waals surface area contributed by atoms with Crippen LogP contribution in [0.1, 0.15) is 159 Å². The van der Waals surface area contributed by atoms with E-state index in [9.17, 15) is 15.0 Å². The maximum atomic E-state index is 16.1. The van der Waals surface area contributed by atoms with Gasteiger partial charge in [-0.25, -0.2) is 4.39 Å². The molecule has 0 heterocycles. The minimum absolute atomic E-state index is 0.127. The molecule has 3 unspecified atom stereocenters. The molecule has 3 saturated carbocycles. The van der Waals surface area contributed by atoms with Gasteiger partial charge in [-0.3, -0.25) is 4.79 Å². The van der Waals surface area contributed by atoms with Crippen LogP contribution in [0, 0.1) is 29.1 Å². The Morgan fingerprint density at radius 1 is 0.933 bits per heavy atom. The molecule has 0 spiro atoms. The molecule has 0 bridgehead atoms. The van der Waals surface area contributed by atoms with Gasteiger partial charge in [0.25, 0.3) is 0 Å². The molecule has 2 N–H and O–H groups in total. The summed E-state index contributed by atoms with van der Waals surface area (Å²) in [6.45, 7) is 6.17. The zero-order valence-electron chi connectivity index (χ0n) is 28.7. The quantitative estimate of drug-likeness (QED) is 0.180. The maximum absolute atomic E-state index is 16.1. The number of nitrogens with zero attached hydrogens (tertiary/aromatic N) is 1. The van der Waals surface area contributed by atoms with Gasteiger partial charge in [0.1, 0.15) is 11.9 Å². The van der Waals surface area contributed by atoms with E-state index in [0.717, 1.165) is 87.9 Å². The zero-order chi connectivity index (χ0) is 31.8. The van der Waals surface area contributed by atoms with Gasteiger partial charge in [0, 0.05) is 25.4 Å². The Labute approximate surface area is 273 Å². The molecule has 0 radical (unpaired) electrons. The van der Waals surface area contributed by atoms with E-state index in [2.05, 4.69) is 18.7 Å². The number of aliphatic hydroxyl groups is 1. The predicted molar refractivity (Wildman–Crippen MR) is 182 cm³/mol. The molecule has 5 heteroatoms. The van der Waals surface area contributed by atoms with Gasteiger partial charge in [0.15, 0.2) is 0 Å². The molecule has 4 aliphatic carbocycles. The second kappa shape index (κ2) is 16.5. The number of rotatable bonds is 16. The molecule has 7 atom stereocenters. The van der Waals surface area contributed by atoms with Crippen molar-refractivity contribution in [3.05, 3.63) is 29.3 Å². The highest BCUT2D eigenvalue weighted by Crippen LogP contribution is 2.63. The molecular weight excluding hydrogens is 561 g/mol. The second-order valence-corrected chi connectivity index (χ2v) is 15.9. The van der Waals surface area contributed by atoms with Crippen molar-refractivity contribution >= 4 is 5.91 Å². The zero-order valence-corrected chi connectivity index (χ0v) is 28.7. The van der Waals surface area contributed by atoms with Crippen molar-refractivity contribution in [1.82, 2.24) is 4.90 Å². The molecule has 254 valence electrons. The van der Waals surface area contributed by atoms with Crippen LogP contribution in [0.25, 0.3) is 0 Å². The number of fused-ring (bicyclic) bond motifs is 5. The van der Waals surface area contributed by atoms with Crippen molar-refractivity contribution < 1.29 is 19.4 Å². The molecule has 1 aromatic carbocycles. The monoisotopic (exact) mass is 625 g/mol. The lowest BCUT2D eigenvalue weighted by molar-refractivity contribution is -0.131. The Hall–Kier alpha value is -1.62. The number of unbranched alkanes of at least 4 members (excludes halogenated alkanes) is 7. The third-order valence-electron chi connectivity index (χ3n) is 12.9. The number of carbonyl (C=O) groups is 1. The average Bonchev–Trinajstić information content (AvgIpc) is 3.33. The minimum atomic E-state index is -0.953. The van der Waals surface area contributed by atoms with Crippen LogP contribution >= 0.6 is 0 Å². The summed E-state index contributed by atoms with van der Waals surface area (Å²) in [5.74, 6) is 2.24. The number of phenols is 1. The smallest absolute Gasteiger partial charge is 0.222 e. The third kappa shape index (κ3) is 8.46. The van der Waals surface area contributed by atoms with Gasteiger partial charge in [-0.1, -0.05) is 97.0 Å². The number of benzene rings is 1. The highest BCUT2D eigenvalue weighted by atomic mass is 19.1. The first-order valence-electron chi connectivity index (χ1n) is 19.2. The summed E-state index contributed by atoms with van der Waals surface area (Å²) in [6, 6.07) is 5.58. The van der Waals surface area contributed by atoms with Crippen molar-refractivity contribution in [2.45, 2.75) is 167 Å². The molecular formula is C40H64FNO3. The fourth-order valence-corrected chi connectivity index (χ4v) is 10.3. The van der Waals surface area contributed by atoms with E-state index in [1.165, 1.54) is 64.2 Å². The highest BCUT2D eigenvalue weighted by molar-refractivity contribution is 5.76. The number of aliphatic hydroxyl groups excluding tert-OH is 1. The molecule has 1 aromatic rings. The summed E-state index contributed by atoms with van der Waals surface area (Å²) in [6.07, 6.45) is 21.9. The van der Waals surface area contributed by atoms with Gasteiger partial charge in [-0.2, -0.15) is 0 Å². The standard InChI is InChI=1S/C40H64FNO3/c1-3-4-5-6-7-13-24-42(37(45)23-18-29-15-10-8-11-16-29)25-14-9-12-17-30-26-31-27-32(43)19-20-33(31)39-35(41)28-40(2)34(38(30)39)21-22-36(40)44/h19-20,27,29-30,34-36,38-39,43-44H,3-18,21-26,28H2,1-2H3/t30-,34?,35+,36+,38?,39?,40+/m1/s1. The number of carbonyl (C=O) groups excluding carboxylic acids is 1. The normalized spacial score (nSPS) is 31.3. The number of halogens is 1. The summed E-state index contributed by atoms with van der Waals surface area (Å²) in [7, 11) is 0. The van der Waals surface area contributed by atoms with Crippen LogP contribution in [0.5, 0.6) is 5.75 Å². The van der Waals surface area contributed by atoms with Gasteiger partial charge < -0.3 is 15.1 Å². The Bertz CT molecular complexity index is 1070. The molecule has 0 aliphatic heterocycles. The minimum Gasteiger partial charge on any atom is -0.508 e. The number of phenolic OH excluding ortho intramolecular Hbond substituents is 1. The second-order valence-electron chi connectivity index (χ2n) is 15.9. The Kier molecular flexibility index (Phi) is 12.7. The Balaban J connectivity index is 1.16. The summed E-state index contributed by atoms with van der Waals surface area (Å²) in [5.41, 5.74) is 1.89. The lowest BCUT2D eigenvalue weighted by atomic mass is 9.51.